The van der Waals surface area contributed by atoms with E-state index in [0.717, 1.165) is 28.1 Å². The van der Waals surface area contributed by atoms with E-state index in [-0.39, 0.29) is 28.8 Å². The number of benzene rings is 1. The summed E-state index contributed by atoms with van der Waals surface area (Å²) in [6.45, 7) is 4.44. The van der Waals surface area contributed by atoms with Gasteiger partial charge in [0.05, 0.1) is 17.8 Å². The van der Waals surface area contributed by atoms with Gasteiger partial charge in [-0.15, -0.1) is 11.3 Å². The topological polar surface area (TPSA) is 64.2 Å². The van der Waals surface area contributed by atoms with E-state index in [2.05, 4.69) is 23.2 Å². The predicted octanol–water partition coefficient (Wildman–Crippen LogP) is 4.94. The molecule has 32 heavy (non-hydrogen) atoms. The second-order valence-corrected chi connectivity index (χ2v) is 9.19. The van der Waals surface area contributed by atoms with Crippen molar-refractivity contribution in [1.29, 1.82) is 0 Å². The smallest absolute Gasteiger partial charge is 0.277 e. The lowest BCUT2D eigenvalue weighted by Gasteiger charge is -2.43. The SMILES string of the molecule is C[C@@H]1c2sccc2[C@](C)(c2cnn(C)c2)CN1C(=O)c1nocc1-c1ccc(F)cc1F. The van der Waals surface area contributed by atoms with Crippen LogP contribution in [0.4, 0.5) is 8.78 Å². The Balaban J connectivity index is 1.58. The van der Waals surface area contributed by atoms with Crippen LogP contribution in [0.2, 0.25) is 0 Å². The Bertz CT molecular complexity index is 1330. The molecule has 0 unspecified atom stereocenters. The van der Waals surface area contributed by atoms with Crippen molar-refractivity contribution in [1.82, 2.24) is 19.8 Å². The minimum Gasteiger partial charge on any atom is -0.363 e. The first-order valence-corrected chi connectivity index (χ1v) is 11.0. The number of hydrogen-bond donors (Lipinski definition) is 0. The molecule has 0 N–H and O–H groups in total. The average molecular weight is 455 g/mol. The summed E-state index contributed by atoms with van der Waals surface area (Å²) in [6.07, 6.45) is 4.99. The van der Waals surface area contributed by atoms with E-state index in [0.29, 0.717) is 6.54 Å². The number of aromatic nitrogens is 3. The van der Waals surface area contributed by atoms with Gasteiger partial charge in [0, 0.05) is 47.3 Å². The van der Waals surface area contributed by atoms with E-state index in [1.807, 2.05) is 31.7 Å². The number of aryl methyl sites for hydroxylation is 1. The summed E-state index contributed by atoms with van der Waals surface area (Å²) in [5.41, 5.74) is 1.94. The molecule has 4 heterocycles. The highest BCUT2D eigenvalue weighted by atomic mass is 32.1. The fourth-order valence-corrected chi connectivity index (χ4v) is 5.53. The highest BCUT2D eigenvalue weighted by Gasteiger charge is 2.44. The van der Waals surface area contributed by atoms with Crippen LogP contribution >= 0.6 is 11.3 Å². The summed E-state index contributed by atoms with van der Waals surface area (Å²) in [5.74, 6) is -1.86. The molecule has 9 heteroatoms. The maximum atomic E-state index is 14.4. The monoisotopic (exact) mass is 454 g/mol. The number of nitrogens with zero attached hydrogens (tertiary/aromatic N) is 4. The fourth-order valence-electron chi connectivity index (χ4n) is 4.43. The van der Waals surface area contributed by atoms with Crippen molar-refractivity contribution in [3.63, 3.8) is 0 Å². The molecule has 1 aliphatic rings. The predicted molar refractivity (Wildman–Crippen MR) is 115 cm³/mol. The van der Waals surface area contributed by atoms with Crippen molar-refractivity contribution in [2.75, 3.05) is 6.54 Å². The molecule has 164 valence electrons. The van der Waals surface area contributed by atoms with Gasteiger partial charge in [0.25, 0.3) is 5.91 Å². The number of thiophene rings is 1. The van der Waals surface area contributed by atoms with Crippen molar-refractivity contribution in [2.45, 2.75) is 25.3 Å². The molecule has 6 nitrogen and oxygen atoms in total. The minimum atomic E-state index is -0.783. The third-order valence-corrected chi connectivity index (χ3v) is 7.31. The van der Waals surface area contributed by atoms with E-state index >= 15 is 0 Å². The van der Waals surface area contributed by atoms with Gasteiger partial charge in [-0.25, -0.2) is 8.78 Å². The Kier molecular flexibility index (Phi) is 4.74. The zero-order valence-electron chi connectivity index (χ0n) is 17.7. The highest BCUT2D eigenvalue weighted by molar-refractivity contribution is 7.10. The first-order valence-electron chi connectivity index (χ1n) is 10.1. The third-order valence-electron chi connectivity index (χ3n) is 6.22. The van der Waals surface area contributed by atoms with Gasteiger partial charge in [-0.2, -0.15) is 5.10 Å². The molecule has 0 saturated carbocycles. The quantitative estimate of drug-likeness (QED) is 0.440. The van der Waals surface area contributed by atoms with Gasteiger partial charge in [-0.3, -0.25) is 9.48 Å². The van der Waals surface area contributed by atoms with E-state index in [1.54, 1.807) is 20.9 Å². The zero-order chi connectivity index (χ0) is 22.6. The van der Waals surface area contributed by atoms with Crippen molar-refractivity contribution in [3.8, 4) is 11.1 Å². The number of carbonyl (C=O) groups is 1. The van der Waals surface area contributed by atoms with Crippen LogP contribution in [0, 0.1) is 11.6 Å². The van der Waals surface area contributed by atoms with Crippen LogP contribution in [0.1, 0.15) is 46.4 Å². The molecule has 0 bridgehead atoms. The lowest BCUT2D eigenvalue weighted by atomic mass is 9.74. The number of carbonyl (C=O) groups excluding carboxylic acids is 1. The van der Waals surface area contributed by atoms with E-state index < -0.39 is 17.0 Å². The van der Waals surface area contributed by atoms with E-state index in [4.69, 9.17) is 4.52 Å². The molecule has 5 rings (SSSR count). The maximum absolute atomic E-state index is 14.4. The van der Waals surface area contributed by atoms with Gasteiger partial charge in [0.15, 0.2) is 5.69 Å². The molecular weight excluding hydrogens is 434 g/mol. The molecule has 1 aromatic carbocycles. The molecule has 1 amide bonds. The molecule has 0 saturated heterocycles. The van der Waals surface area contributed by atoms with E-state index in [1.165, 1.54) is 12.3 Å². The van der Waals surface area contributed by atoms with Gasteiger partial charge < -0.3 is 9.42 Å². The average Bonchev–Trinajstić information content (AvgIpc) is 3.50. The number of amides is 1. The van der Waals surface area contributed by atoms with Crippen LogP contribution < -0.4 is 0 Å². The Morgan fingerprint density at radius 2 is 2.09 bits per heavy atom. The maximum Gasteiger partial charge on any atom is 0.277 e. The summed E-state index contributed by atoms with van der Waals surface area (Å²) >= 11 is 1.59. The van der Waals surface area contributed by atoms with Crippen LogP contribution in [0.5, 0.6) is 0 Å². The molecule has 2 atom stereocenters. The van der Waals surface area contributed by atoms with Crippen molar-refractivity contribution < 1.29 is 18.1 Å². The molecular formula is C23H20F2N4O2S. The summed E-state index contributed by atoms with van der Waals surface area (Å²) in [6, 6.07) is 5.09. The van der Waals surface area contributed by atoms with E-state index in [9.17, 15) is 13.6 Å². The second-order valence-electron chi connectivity index (χ2n) is 8.24. The number of rotatable bonds is 3. The van der Waals surface area contributed by atoms with Crippen molar-refractivity contribution >= 4 is 17.2 Å². The Labute approximate surface area is 187 Å². The molecule has 0 radical (unpaired) electrons. The van der Waals surface area contributed by atoms with Gasteiger partial charge in [0.2, 0.25) is 0 Å². The summed E-state index contributed by atoms with van der Waals surface area (Å²) in [5, 5.41) is 10.2. The first-order chi connectivity index (χ1) is 15.3. The minimum absolute atomic E-state index is 0.00380. The number of fused-ring (bicyclic) bond motifs is 1. The molecule has 0 fully saturated rings. The van der Waals surface area contributed by atoms with Gasteiger partial charge in [-0.1, -0.05) is 5.16 Å². The van der Waals surface area contributed by atoms with Crippen LogP contribution in [0.3, 0.4) is 0 Å². The summed E-state index contributed by atoms with van der Waals surface area (Å²) in [4.78, 5) is 16.5. The summed E-state index contributed by atoms with van der Waals surface area (Å²) in [7, 11) is 1.86. The zero-order valence-corrected chi connectivity index (χ0v) is 18.5. The highest BCUT2D eigenvalue weighted by Crippen LogP contribution is 2.46. The van der Waals surface area contributed by atoms with Gasteiger partial charge in [0.1, 0.15) is 17.9 Å². The largest absolute Gasteiger partial charge is 0.363 e. The third kappa shape index (κ3) is 3.07. The van der Waals surface area contributed by atoms with Crippen molar-refractivity contribution in [2.24, 2.45) is 7.05 Å². The molecule has 0 spiro atoms. The van der Waals surface area contributed by atoms with Crippen molar-refractivity contribution in [3.05, 3.63) is 81.6 Å². The first kappa shape index (κ1) is 20.6. The van der Waals surface area contributed by atoms with Gasteiger partial charge >= 0.3 is 0 Å². The lowest BCUT2D eigenvalue weighted by Crippen LogP contribution is -2.48. The second kappa shape index (κ2) is 7.37. The van der Waals surface area contributed by atoms with Crippen LogP contribution in [-0.4, -0.2) is 32.3 Å². The molecule has 3 aromatic heterocycles. The molecule has 0 aliphatic carbocycles. The lowest BCUT2D eigenvalue weighted by molar-refractivity contribution is 0.0622. The van der Waals surface area contributed by atoms with Crippen LogP contribution in [0.25, 0.3) is 11.1 Å². The standard InChI is InChI=1S/C23H20F2N4O2S/c1-13-21-18(6-7-32-21)23(2,14-9-26-28(3)10-14)12-29(13)22(30)20-17(11-31-27-20)16-5-4-15(24)8-19(16)25/h4-11,13H,12H2,1-3H3/t13-,23+/m1/s1. The Hall–Kier alpha value is -3.33. The fraction of sp³-hybridized carbons (Fsp3) is 0.261. The van der Waals surface area contributed by atoms with Gasteiger partial charge in [-0.05, 0) is 43.0 Å². The van der Waals surface area contributed by atoms with Crippen LogP contribution in [0.15, 0.2) is 52.8 Å². The van der Waals surface area contributed by atoms with Crippen LogP contribution in [-0.2, 0) is 12.5 Å². The number of hydrogen-bond acceptors (Lipinski definition) is 5. The molecule has 4 aromatic rings. The normalized spacial score (nSPS) is 20.4. The Morgan fingerprint density at radius 3 is 2.81 bits per heavy atom. The Morgan fingerprint density at radius 1 is 1.28 bits per heavy atom. The summed E-state index contributed by atoms with van der Waals surface area (Å²) < 4.78 is 34.6. The number of halogens is 2. The molecule has 1 aliphatic heterocycles.